The number of hydrogen-bond acceptors (Lipinski definition) is 9. The van der Waals surface area contributed by atoms with Crippen LogP contribution in [0, 0.1) is 0 Å². The van der Waals surface area contributed by atoms with Gasteiger partial charge >= 0.3 is 0 Å². The van der Waals surface area contributed by atoms with Crippen LogP contribution in [0.15, 0.2) is 6.07 Å². The summed E-state index contributed by atoms with van der Waals surface area (Å²) >= 11 is 0. The Hall–Kier alpha value is -2.18. The number of nitrogens with one attached hydrogen (secondary N) is 3. The third-order valence-electron chi connectivity index (χ3n) is 6.04. The maximum absolute atomic E-state index is 12.4. The quantitative estimate of drug-likeness (QED) is 0.501. The minimum absolute atomic E-state index is 0.0315. The number of anilines is 2. The molecular formula is C19H32N8O3S. The fraction of sp³-hybridized carbons (Fsp3) is 0.737. The van der Waals surface area contributed by atoms with E-state index in [1.807, 2.05) is 7.05 Å². The Labute approximate surface area is 183 Å². The summed E-state index contributed by atoms with van der Waals surface area (Å²) in [5, 5.41) is 10.8. The Morgan fingerprint density at radius 2 is 1.87 bits per heavy atom. The molecule has 0 amide bonds. The van der Waals surface area contributed by atoms with Gasteiger partial charge in [0.15, 0.2) is 5.65 Å². The fourth-order valence-corrected chi connectivity index (χ4v) is 5.46. The molecule has 2 aliphatic rings. The van der Waals surface area contributed by atoms with Crippen LogP contribution >= 0.6 is 0 Å². The molecule has 1 aliphatic carbocycles. The molecule has 0 unspecified atom stereocenters. The molecule has 1 saturated heterocycles. The monoisotopic (exact) mass is 452 g/mol. The molecular weight excluding hydrogens is 420 g/mol. The van der Waals surface area contributed by atoms with Gasteiger partial charge < -0.3 is 20.3 Å². The van der Waals surface area contributed by atoms with Gasteiger partial charge in [0.25, 0.3) is 0 Å². The second kappa shape index (κ2) is 9.53. The molecule has 1 aliphatic heterocycles. The van der Waals surface area contributed by atoms with E-state index in [0.29, 0.717) is 29.5 Å². The topological polar surface area (TPSA) is 126 Å². The Morgan fingerprint density at radius 3 is 2.55 bits per heavy atom. The molecule has 0 radical (unpaired) electrons. The molecule has 0 bridgehead atoms. The zero-order valence-corrected chi connectivity index (χ0v) is 19.0. The van der Waals surface area contributed by atoms with Crippen molar-refractivity contribution in [2.45, 2.75) is 50.6 Å². The highest BCUT2D eigenvalue weighted by atomic mass is 32.2. The Balaban J connectivity index is 1.48. The first-order chi connectivity index (χ1) is 15.0. The van der Waals surface area contributed by atoms with Crippen molar-refractivity contribution in [2.24, 2.45) is 0 Å². The van der Waals surface area contributed by atoms with E-state index >= 15 is 0 Å². The van der Waals surface area contributed by atoms with Gasteiger partial charge in [0, 0.05) is 37.8 Å². The Morgan fingerprint density at radius 1 is 1.13 bits per heavy atom. The van der Waals surface area contributed by atoms with Gasteiger partial charge in [-0.05, 0) is 32.7 Å². The molecule has 2 fully saturated rings. The SMILES string of the molecule is CNC1CCN(c2nc(NCCS(=O)(=O)NC3CCCC3)n3nc(OC)cc3n2)CC1. The smallest absolute Gasteiger partial charge is 0.235 e. The van der Waals surface area contributed by atoms with E-state index in [2.05, 4.69) is 35.3 Å². The number of hydrogen-bond donors (Lipinski definition) is 3. The normalized spacial score (nSPS) is 18.7. The predicted molar refractivity (Wildman–Crippen MR) is 119 cm³/mol. The summed E-state index contributed by atoms with van der Waals surface area (Å²) in [6.07, 6.45) is 6.03. The molecule has 1 saturated carbocycles. The third kappa shape index (κ3) is 5.36. The van der Waals surface area contributed by atoms with Crippen LogP contribution in [0.3, 0.4) is 0 Å². The summed E-state index contributed by atoms with van der Waals surface area (Å²) < 4.78 is 34.5. The van der Waals surface area contributed by atoms with E-state index in [1.165, 1.54) is 0 Å². The molecule has 3 N–H and O–H groups in total. The van der Waals surface area contributed by atoms with E-state index in [1.54, 1.807) is 17.7 Å². The van der Waals surface area contributed by atoms with Crippen LogP contribution in [0.25, 0.3) is 5.65 Å². The Kier molecular flexibility index (Phi) is 6.77. The number of methoxy groups -OCH3 is 1. The summed E-state index contributed by atoms with van der Waals surface area (Å²) in [6.45, 7) is 1.93. The summed E-state index contributed by atoms with van der Waals surface area (Å²) in [4.78, 5) is 11.5. The molecule has 0 spiro atoms. The van der Waals surface area contributed by atoms with Crippen LogP contribution in [0.1, 0.15) is 38.5 Å². The Bertz CT molecular complexity index is 981. The van der Waals surface area contributed by atoms with Crippen molar-refractivity contribution in [1.82, 2.24) is 29.6 Å². The van der Waals surface area contributed by atoms with Crippen molar-refractivity contribution < 1.29 is 13.2 Å². The molecule has 2 aromatic rings. The van der Waals surface area contributed by atoms with Gasteiger partial charge in [-0.3, -0.25) is 0 Å². The zero-order chi connectivity index (χ0) is 21.8. The lowest BCUT2D eigenvalue weighted by Gasteiger charge is -2.31. The van der Waals surface area contributed by atoms with Crippen LogP contribution in [-0.2, 0) is 10.0 Å². The van der Waals surface area contributed by atoms with Gasteiger partial charge in [-0.1, -0.05) is 12.8 Å². The van der Waals surface area contributed by atoms with E-state index < -0.39 is 10.0 Å². The largest absolute Gasteiger partial charge is 0.480 e. The van der Waals surface area contributed by atoms with Gasteiger partial charge in [0.1, 0.15) is 0 Å². The van der Waals surface area contributed by atoms with Crippen molar-refractivity contribution in [2.75, 3.05) is 49.8 Å². The molecule has 4 rings (SSSR count). The summed E-state index contributed by atoms with van der Waals surface area (Å²) in [7, 11) is 0.179. The number of rotatable bonds is 9. The molecule has 0 aromatic carbocycles. The third-order valence-corrected chi connectivity index (χ3v) is 7.47. The van der Waals surface area contributed by atoms with Crippen molar-refractivity contribution >= 4 is 27.6 Å². The zero-order valence-electron chi connectivity index (χ0n) is 18.2. The fourth-order valence-electron chi connectivity index (χ4n) is 4.23. The van der Waals surface area contributed by atoms with Gasteiger partial charge in [-0.2, -0.15) is 14.5 Å². The molecule has 0 atom stereocenters. The van der Waals surface area contributed by atoms with Gasteiger partial charge in [-0.25, -0.2) is 13.1 Å². The molecule has 3 heterocycles. The first-order valence-corrected chi connectivity index (χ1v) is 12.6. The van der Waals surface area contributed by atoms with Crippen molar-refractivity contribution in [3.8, 4) is 5.88 Å². The number of fused-ring (bicyclic) bond motifs is 1. The van der Waals surface area contributed by atoms with Crippen LogP contribution in [0.2, 0.25) is 0 Å². The van der Waals surface area contributed by atoms with Crippen LogP contribution in [0.5, 0.6) is 5.88 Å². The number of sulfonamides is 1. The molecule has 172 valence electrons. The van der Waals surface area contributed by atoms with Crippen molar-refractivity contribution in [3.05, 3.63) is 6.07 Å². The number of nitrogens with zero attached hydrogens (tertiary/aromatic N) is 5. The molecule has 31 heavy (non-hydrogen) atoms. The number of aromatic nitrogens is 4. The van der Waals surface area contributed by atoms with E-state index in [4.69, 9.17) is 4.74 Å². The highest BCUT2D eigenvalue weighted by molar-refractivity contribution is 7.89. The van der Waals surface area contributed by atoms with E-state index in [9.17, 15) is 8.42 Å². The lowest BCUT2D eigenvalue weighted by Crippen LogP contribution is -2.42. The number of piperidine rings is 1. The van der Waals surface area contributed by atoms with Gasteiger partial charge in [-0.15, -0.1) is 5.10 Å². The minimum atomic E-state index is -3.36. The highest BCUT2D eigenvalue weighted by Gasteiger charge is 2.23. The molecule has 12 heteroatoms. The summed E-state index contributed by atoms with van der Waals surface area (Å²) in [5.74, 6) is 1.46. The second-order valence-corrected chi connectivity index (χ2v) is 10.1. The maximum atomic E-state index is 12.4. The lowest BCUT2D eigenvalue weighted by atomic mass is 10.1. The first-order valence-electron chi connectivity index (χ1n) is 11.0. The summed E-state index contributed by atoms with van der Waals surface area (Å²) in [5.41, 5.74) is 0.604. The minimum Gasteiger partial charge on any atom is -0.480 e. The van der Waals surface area contributed by atoms with Crippen LogP contribution in [0.4, 0.5) is 11.9 Å². The maximum Gasteiger partial charge on any atom is 0.235 e. The van der Waals surface area contributed by atoms with E-state index in [-0.39, 0.29) is 18.3 Å². The predicted octanol–water partition coefficient (Wildman–Crippen LogP) is 0.595. The van der Waals surface area contributed by atoms with Crippen LogP contribution in [-0.4, -0.2) is 79.6 Å². The average molecular weight is 453 g/mol. The second-order valence-electron chi connectivity index (χ2n) is 8.20. The highest BCUT2D eigenvalue weighted by Crippen LogP contribution is 2.22. The van der Waals surface area contributed by atoms with Gasteiger partial charge in [0.2, 0.25) is 27.8 Å². The van der Waals surface area contributed by atoms with Crippen molar-refractivity contribution in [3.63, 3.8) is 0 Å². The number of ether oxygens (including phenoxy) is 1. The lowest BCUT2D eigenvalue weighted by molar-refractivity contribution is 0.395. The molecule has 11 nitrogen and oxygen atoms in total. The van der Waals surface area contributed by atoms with E-state index in [0.717, 1.165) is 51.6 Å². The summed E-state index contributed by atoms with van der Waals surface area (Å²) in [6, 6.07) is 2.32. The molecule has 2 aromatic heterocycles. The first kappa shape index (κ1) is 22.0. The average Bonchev–Trinajstić information content (AvgIpc) is 3.42. The van der Waals surface area contributed by atoms with Crippen molar-refractivity contribution in [1.29, 1.82) is 0 Å². The standard InChI is InChI=1S/C19H32N8O3S/c1-20-14-7-10-26(11-8-14)19-22-16-13-17(30-2)24-27(16)18(23-19)21-9-12-31(28,29)25-15-5-3-4-6-15/h13-15,20,25H,3-12H2,1-2H3,(H,21,22,23). The van der Waals surface area contributed by atoms with Gasteiger partial charge in [0.05, 0.1) is 12.9 Å². The van der Waals surface area contributed by atoms with Crippen LogP contribution < -0.4 is 25.0 Å².